The fourth-order valence-electron chi connectivity index (χ4n) is 1.13. The van der Waals surface area contributed by atoms with Crippen molar-refractivity contribution >= 4 is 0 Å². The zero-order valence-electron chi connectivity index (χ0n) is 7.05. The molecule has 0 fully saturated rings. The van der Waals surface area contributed by atoms with Crippen molar-refractivity contribution in [3.05, 3.63) is 36.2 Å². The molecule has 1 rings (SSSR count). The molecule has 11 heavy (non-hydrogen) atoms. The maximum absolute atomic E-state index is 5.36. The normalized spacial score (nSPS) is 9.73. The molecule has 0 saturated carbocycles. The van der Waals surface area contributed by atoms with Gasteiger partial charge in [-0.2, -0.15) is 0 Å². The van der Waals surface area contributed by atoms with E-state index in [0.29, 0.717) is 6.61 Å². The zero-order valence-corrected chi connectivity index (χ0v) is 7.05. The number of aryl methyl sites for hydroxylation is 2. The molecule has 0 aliphatic carbocycles. The van der Waals surface area contributed by atoms with Gasteiger partial charge in [0.25, 0.3) is 0 Å². The number of rotatable bonds is 2. The standard InChI is InChI=1S/C10H13O/c1-4-11-10-8(2)6-5-7-9(10)3/h5-7H,1,4H2,2-3H3. The lowest BCUT2D eigenvalue weighted by Gasteiger charge is -2.08. The highest BCUT2D eigenvalue weighted by Gasteiger charge is 2.00. The van der Waals surface area contributed by atoms with E-state index in [1.54, 1.807) is 0 Å². The van der Waals surface area contributed by atoms with Gasteiger partial charge in [0, 0.05) is 0 Å². The molecule has 0 aromatic heterocycles. The van der Waals surface area contributed by atoms with Crippen molar-refractivity contribution in [1.82, 2.24) is 0 Å². The summed E-state index contributed by atoms with van der Waals surface area (Å²) in [5.41, 5.74) is 2.35. The SMILES string of the molecule is [CH2]COc1c(C)cccc1C. The molecule has 0 unspecified atom stereocenters. The lowest BCUT2D eigenvalue weighted by molar-refractivity contribution is 0.356. The van der Waals surface area contributed by atoms with Gasteiger partial charge in [-0.3, -0.25) is 0 Å². The summed E-state index contributed by atoms with van der Waals surface area (Å²) < 4.78 is 5.36. The Bertz CT molecular complexity index is 220. The maximum atomic E-state index is 5.36. The van der Waals surface area contributed by atoms with Crippen LogP contribution in [-0.2, 0) is 0 Å². The first-order valence-corrected chi connectivity index (χ1v) is 3.74. The molecule has 1 radical (unpaired) electrons. The number of benzene rings is 1. The van der Waals surface area contributed by atoms with Gasteiger partial charge in [0.15, 0.2) is 0 Å². The maximum Gasteiger partial charge on any atom is 0.125 e. The highest BCUT2D eigenvalue weighted by atomic mass is 16.5. The van der Waals surface area contributed by atoms with Gasteiger partial charge in [-0.05, 0) is 31.9 Å². The van der Waals surface area contributed by atoms with Crippen molar-refractivity contribution in [3.8, 4) is 5.75 Å². The minimum absolute atomic E-state index is 0.492. The topological polar surface area (TPSA) is 9.23 Å². The molecule has 0 heterocycles. The lowest BCUT2D eigenvalue weighted by atomic mass is 10.1. The summed E-state index contributed by atoms with van der Waals surface area (Å²) in [5, 5.41) is 0. The molecule has 0 bridgehead atoms. The molecule has 59 valence electrons. The first-order chi connectivity index (χ1) is 5.25. The molecule has 0 aliphatic rings. The average molecular weight is 149 g/mol. The monoisotopic (exact) mass is 149 g/mol. The Morgan fingerprint density at radius 2 is 1.82 bits per heavy atom. The van der Waals surface area contributed by atoms with E-state index in [4.69, 9.17) is 4.74 Å². The van der Waals surface area contributed by atoms with Crippen LogP contribution in [0.25, 0.3) is 0 Å². The molecule has 0 saturated heterocycles. The van der Waals surface area contributed by atoms with Crippen LogP contribution in [0.15, 0.2) is 18.2 Å². The van der Waals surface area contributed by atoms with Gasteiger partial charge >= 0.3 is 0 Å². The van der Waals surface area contributed by atoms with Crippen molar-refractivity contribution in [3.63, 3.8) is 0 Å². The van der Waals surface area contributed by atoms with E-state index in [2.05, 4.69) is 6.92 Å². The fraction of sp³-hybridized carbons (Fsp3) is 0.300. The third-order valence-corrected chi connectivity index (χ3v) is 1.66. The summed E-state index contributed by atoms with van der Waals surface area (Å²) >= 11 is 0. The van der Waals surface area contributed by atoms with E-state index in [9.17, 15) is 0 Å². The van der Waals surface area contributed by atoms with Gasteiger partial charge in [-0.25, -0.2) is 0 Å². The highest BCUT2D eigenvalue weighted by molar-refractivity contribution is 5.39. The van der Waals surface area contributed by atoms with Crippen LogP contribution in [0.1, 0.15) is 11.1 Å². The van der Waals surface area contributed by atoms with Gasteiger partial charge in [0.1, 0.15) is 5.75 Å². The summed E-state index contributed by atoms with van der Waals surface area (Å²) in [6.45, 7) is 8.21. The van der Waals surface area contributed by atoms with Gasteiger partial charge < -0.3 is 4.74 Å². The van der Waals surface area contributed by atoms with Crippen LogP contribution in [0.2, 0.25) is 0 Å². The number of para-hydroxylation sites is 1. The van der Waals surface area contributed by atoms with Crippen molar-refractivity contribution in [1.29, 1.82) is 0 Å². The number of hydrogen-bond donors (Lipinski definition) is 0. The van der Waals surface area contributed by atoms with Gasteiger partial charge in [0.05, 0.1) is 6.61 Å². The molecule has 0 amide bonds. The predicted octanol–water partition coefficient (Wildman–Crippen LogP) is 2.52. The quantitative estimate of drug-likeness (QED) is 0.627. The van der Waals surface area contributed by atoms with E-state index in [-0.39, 0.29) is 0 Å². The summed E-state index contributed by atoms with van der Waals surface area (Å²) in [5.74, 6) is 0.975. The molecule has 1 aromatic rings. The third kappa shape index (κ3) is 1.73. The highest BCUT2D eigenvalue weighted by Crippen LogP contribution is 2.21. The fourth-order valence-corrected chi connectivity index (χ4v) is 1.13. The second-order valence-electron chi connectivity index (χ2n) is 2.57. The zero-order chi connectivity index (χ0) is 8.27. The molecule has 0 N–H and O–H groups in total. The Balaban J connectivity index is 3.00. The minimum atomic E-state index is 0.492. The van der Waals surface area contributed by atoms with Crippen LogP contribution < -0.4 is 4.74 Å². The van der Waals surface area contributed by atoms with Crippen molar-refractivity contribution < 1.29 is 4.74 Å². The van der Waals surface area contributed by atoms with Crippen LogP contribution >= 0.6 is 0 Å². The predicted molar refractivity (Wildman–Crippen MR) is 46.8 cm³/mol. The Kier molecular flexibility index (Phi) is 2.53. The molecule has 0 atom stereocenters. The summed E-state index contributed by atoms with van der Waals surface area (Å²) in [4.78, 5) is 0. The van der Waals surface area contributed by atoms with Crippen LogP contribution in [0, 0.1) is 20.8 Å². The molecule has 1 nitrogen and oxygen atoms in total. The Hall–Kier alpha value is -0.980. The summed E-state index contributed by atoms with van der Waals surface area (Å²) in [6.07, 6.45) is 0. The molecule has 1 heteroatoms. The van der Waals surface area contributed by atoms with Gasteiger partial charge in [0.2, 0.25) is 0 Å². The van der Waals surface area contributed by atoms with E-state index in [0.717, 1.165) is 5.75 Å². The average Bonchev–Trinajstić information content (AvgIpc) is 1.97. The third-order valence-electron chi connectivity index (χ3n) is 1.66. The number of ether oxygens (including phenoxy) is 1. The van der Waals surface area contributed by atoms with Crippen molar-refractivity contribution in [2.24, 2.45) is 0 Å². The first kappa shape index (κ1) is 8.12. The molecule has 1 aromatic carbocycles. The summed E-state index contributed by atoms with van der Waals surface area (Å²) in [7, 11) is 0. The largest absolute Gasteiger partial charge is 0.493 e. The van der Waals surface area contributed by atoms with Crippen LogP contribution in [0.4, 0.5) is 0 Å². The van der Waals surface area contributed by atoms with Gasteiger partial charge in [-0.1, -0.05) is 18.2 Å². The lowest BCUT2D eigenvalue weighted by Crippen LogP contribution is -1.96. The van der Waals surface area contributed by atoms with Crippen molar-refractivity contribution in [2.75, 3.05) is 6.61 Å². The smallest absolute Gasteiger partial charge is 0.125 e. The Morgan fingerprint density at radius 3 is 2.27 bits per heavy atom. The second kappa shape index (κ2) is 3.42. The minimum Gasteiger partial charge on any atom is -0.493 e. The summed E-state index contributed by atoms with van der Waals surface area (Å²) in [6, 6.07) is 6.11. The van der Waals surface area contributed by atoms with Gasteiger partial charge in [-0.15, -0.1) is 0 Å². The van der Waals surface area contributed by atoms with E-state index < -0.39 is 0 Å². The molecule has 0 aliphatic heterocycles. The van der Waals surface area contributed by atoms with E-state index >= 15 is 0 Å². The Morgan fingerprint density at radius 1 is 1.27 bits per heavy atom. The van der Waals surface area contributed by atoms with Crippen LogP contribution in [0.3, 0.4) is 0 Å². The molecule has 0 spiro atoms. The van der Waals surface area contributed by atoms with Crippen molar-refractivity contribution in [2.45, 2.75) is 13.8 Å². The van der Waals surface area contributed by atoms with Crippen LogP contribution in [-0.4, -0.2) is 6.61 Å². The second-order valence-corrected chi connectivity index (χ2v) is 2.57. The first-order valence-electron chi connectivity index (χ1n) is 3.74. The molecular formula is C10H13O. The van der Waals surface area contributed by atoms with E-state index in [1.165, 1.54) is 11.1 Å². The van der Waals surface area contributed by atoms with E-state index in [1.807, 2.05) is 32.0 Å². The number of hydrogen-bond acceptors (Lipinski definition) is 1. The van der Waals surface area contributed by atoms with Crippen LogP contribution in [0.5, 0.6) is 5.75 Å². The molecular weight excluding hydrogens is 136 g/mol. The Labute approximate surface area is 68.0 Å².